The number of fused-ring (bicyclic) bond motifs is 5. The highest BCUT2D eigenvalue weighted by molar-refractivity contribution is 5.09. The van der Waals surface area contributed by atoms with Crippen molar-refractivity contribution in [1.29, 1.82) is 0 Å². The minimum atomic E-state index is 0.666. The summed E-state index contributed by atoms with van der Waals surface area (Å²) in [7, 11) is 0. The maximum Gasteiger partial charge on any atom is -0.0264 e. The Balaban J connectivity index is 1.46. The fraction of sp³-hybridized carbons (Fsp3) is 1.00. The Morgan fingerprint density at radius 1 is 0.714 bits per heavy atom. The highest BCUT2D eigenvalue weighted by Crippen LogP contribution is 2.68. The lowest BCUT2D eigenvalue weighted by molar-refractivity contribution is -0.114. The monoisotopic (exact) mass is 386 g/mol. The van der Waals surface area contributed by atoms with E-state index >= 15 is 0 Å². The highest BCUT2D eigenvalue weighted by atomic mass is 14.6. The fourth-order valence-electron chi connectivity index (χ4n) is 9.33. The van der Waals surface area contributed by atoms with Crippen molar-refractivity contribution in [1.82, 2.24) is 0 Å². The summed E-state index contributed by atoms with van der Waals surface area (Å²) in [5.74, 6) is 7.96. The summed E-state index contributed by atoms with van der Waals surface area (Å²) in [6, 6.07) is 0. The molecule has 4 aliphatic carbocycles. The maximum absolute atomic E-state index is 2.75. The molecule has 0 aromatic carbocycles. The van der Waals surface area contributed by atoms with Gasteiger partial charge in [0.05, 0.1) is 0 Å². The van der Waals surface area contributed by atoms with Gasteiger partial charge in [-0.1, -0.05) is 67.2 Å². The molecule has 9 atom stereocenters. The molecule has 0 nitrogen and oxygen atoms in total. The Bertz CT molecular complexity index is 534. The molecule has 0 saturated heterocycles. The van der Waals surface area contributed by atoms with Gasteiger partial charge in [0.15, 0.2) is 0 Å². The van der Waals surface area contributed by atoms with Crippen molar-refractivity contribution in [3.63, 3.8) is 0 Å². The van der Waals surface area contributed by atoms with Crippen molar-refractivity contribution < 1.29 is 0 Å². The van der Waals surface area contributed by atoms with Crippen molar-refractivity contribution in [2.24, 2.45) is 58.2 Å². The summed E-state index contributed by atoms with van der Waals surface area (Å²) in [4.78, 5) is 0. The van der Waals surface area contributed by atoms with Gasteiger partial charge in [-0.2, -0.15) is 0 Å². The van der Waals surface area contributed by atoms with Crippen LogP contribution in [0, 0.1) is 58.2 Å². The van der Waals surface area contributed by atoms with Crippen LogP contribution in [0.1, 0.15) is 119 Å². The lowest BCUT2D eigenvalue weighted by Gasteiger charge is -2.61. The van der Waals surface area contributed by atoms with Crippen LogP contribution in [0.25, 0.3) is 0 Å². The Morgan fingerprint density at radius 2 is 1.46 bits per heavy atom. The largest absolute Gasteiger partial charge is 0.0625 e. The molecule has 0 unspecified atom stereocenters. The summed E-state index contributed by atoms with van der Waals surface area (Å²) in [6.45, 7) is 15.4. The van der Waals surface area contributed by atoms with Crippen LogP contribution in [-0.2, 0) is 0 Å². The quantitative estimate of drug-likeness (QED) is 0.443. The minimum Gasteiger partial charge on any atom is -0.0625 e. The number of rotatable bonds is 5. The SMILES string of the molecule is CC(C)[C@H](C)CC[C@@H](C)[C@H]1CC[C@H]2[C@@H]3CC[C@@H]4CCCC[C@]4(C)[C@@H]3CC[C@]12C. The van der Waals surface area contributed by atoms with Crippen LogP contribution in [0.2, 0.25) is 0 Å². The summed E-state index contributed by atoms with van der Waals surface area (Å²) in [5, 5.41) is 0. The predicted octanol–water partition coefficient (Wildman–Crippen LogP) is 8.74. The molecule has 0 N–H and O–H groups in total. The lowest BCUT2D eigenvalue weighted by Crippen LogP contribution is -2.53. The van der Waals surface area contributed by atoms with E-state index in [1.165, 1.54) is 25.7 Å². The first kappa shape index (κ1) is 21.2. The van der Waals surface area contributed by atoms with E-state index in [-0.39, 0.29) is 0 Å². The molecule has 0 amide bonds. The fourth-order valence-corrected chi connectivity index (χ4v) is 9.33. The normalized spacial score (nSPS) is 47.9. The van der Waals surface area contributed by atoms with Crippen molar-refractivity contribution in [3.8, 4) is 0 Å². The Kier molecular flexibility index (Phi) is 6.01. The van der Waals surface area contributed by atoms with Crippen LogP contribution in [0.5, 0.6) is 0 Å². The zero-order chi connectivity index (χ0) is 20.1. The van der Waals surface area contributed by atoms with Gasteiger partial charge in [0.25, 0.3) is 0 Å². The van der Waals surface area contributed by atoms with Gasteiger partial charge in [-0.25, -0.2) is 0 Å². The molecule has 0 aliphatic heterocycles. The molecule has 0 bridgehead atoms. The molecular weight excluding hydrogens is 336 g/mol. The zero-order valence-corrected chi connectivity index (χ0v) is 20.1. The molecule has 0 radical (unpaired) electrons. The Labute approximate surface area is 177 Å². The van der Waals surface area contributed by atoms with E-state index in [0.29, 0.717) is 10.8 Å². The summed E-state index contributed by atoms with van der Waals surface area (Å²) < 4.78 is 0. The van der Waals surface area contributed by atoms with Crippen molar-refractivity contribution in [2.75, 3.05) is 0 Å². The third kappa shape index (κ3) is 3.41. The highest BCUT2D eigenvalue weighted by Gasteiger charge is 2.60. The molecule has 4 aliphatic rings. The van der Waals surface area contributed by atoms with Gasteiger partial charge in [-0.05, 0) is 110 Å². The van der Waals surface area contributed by atoms with E-state index in [1.807, 2.05) is 0 Å². The Hall–Kier alpha value is 0. The van der Waals surface area contributed by atoms with Crippen LogP contribution in [0.3, 0.4) is 0 Å². The van der Waals surface area contributed by atoms with Gasteiger partial charge in [0.1, 0.15) is 0 Å². The summed E-state index contributed by atoms with van der Waals surface area (Å²) in [5.41, 5.74) is 1.37. The predicted molar refractivity (Wildman–Crippen MR) is 122 cm³/mol. The van der Waals surface area contributed by atoms with E-state index in [4.69, 9.17) is 0 Å². The van der Waals surface area contributed by atoms with E-state index < -0.39 is 0 Å². The first-order chi connectivity index (χ1) is 13.3. The van der Waals surface area contributed by atoms with Gasteiger partial charge in [0, 0.05) is 0 Å². The van der Waals surface area contributed by atoms with Gasteiger partial charge in [-0.15, -0.1) is 0 Å². The average molecular weight is 387 g/mol. The number of hydrogen-bond donors (Lipinski definition) is 0. The standard InChI is InChI=1S/C28H50/c1-19(2)20(3)10-11-21(4)24-14-15-25-23-13-12-22-9-7-8-17-27(22,5)26(23)16-18-28(24,25)6/h19-26H,7-18H2,1-6H3/t20-,21-,22+,23+,24-,25+,26-,27+,28-/m1/s1. The maximum atomic E-state index is 2.75. The van der Waals surface area contributed by atoms with Crippen LogP contribution in [0.4, 0.5) is 0 Å². The van der Waals surface area contributed by atoms with Crippen LogP contribution in [-0.4, -0.2) is 0 Å². The van der Waals surface area contributed by atoms with Crippen molar-refractivity contribution in [2.45, 2.75) is 119 Å². The lowest BCUT2D eigenvalue weighted by atomic mass is 9.44. The first-order valence-electron chi connectivity index (χ1n) is 13.3. The van der Waals surface area contributed by atoms with Crippen molar-refractivity contribution >= 4 is 0 Å². The summed E-state index contributed by atoms with van der Waals surface area (Å²) >= 11 is 0. The van der Waals surface area contributed by atoms with Gasteiger partial charge >= 0.3 is 0 Å². The Morgan fingerprint density at radius 3 is 2.21 bits per heavy atom. The second kappa shape index (κ2) is 7.92. The van der Waals surface area contributed by atoms with E-state index in [2.05, 4.69) is 41.5 Å². The van der Waals surface area contributed by atoms with Crippen LogP contribution >= 0.6 is 0 Å². The molecule has 0 heterocycles. The summed E-state index contributed by atoms with van der Waals surface area (Å²) in [6.07, 6.45) is 18.4. The molecule has 28 heavy (non-hydrogen) atoms. The van der Waals surface area contributed by atoms with Gasteiger partial charge in [-0.3, -0.25) is 0 Å². The van der Waals surface area contributed by atoms with E-state index in [1.54, 1.807) is 51.4 Å². The average Bonchev–Trinajstić information content (AvgIpc) is 3.02. The topological polar surface area (TPSA) is 0 Å². The van der Waals surface area contributed by atoms with Crippen LogP contribution < -0.4 is 0 Å². The molecule has 0 spiro atoms. The van der Waals surface area contributed by atoms with Gasteiger partial charge in [0.2, 0.25) is 0 Å². The molecule has 4 rings (SSSR count). The molecule has 0 aromatic heterocycles. The van der Waals surface area contributed by atoms with Crippen LogP contribution in [0.15, 0.2) is 0 Å². The van der Waals surface area contributed by atoms with Gasteiger partial charge < -0.3 is 0 Å². The van der Waals surface area contributed by atoms with E-state index in [9.17, 15) is 0 Å². The molecule has 4 fully saturated rings. The third-order valence-corrected chi connectivity index (χ3v) is 11.6. The number of hydrogen-bond acceptors (Lipinski definition) is 0. The second-order valence-corrected chi connectivity index (χ2v) is 12.9. The zero-order valence-electron chi connectivity index (χ0n) is 20.1. The molecular formula is C28H50. The second-order valence-electron chi connectivity index (χ2n) is 12.9. The van der Waals surface area contributed by atoms with E-state index in [0.717, 1.165) is 47.3 Å². The third-order valence-electron chi connectivity index (χ3n) is 11.6. The molecule has 0 aromatic rings. The minimum absolute atomic E-state index is 0.666. The molecule has 0 heteroatoms. The molecule has 162 valence electrons. The smallest absolute Gasteiger partial charge is 0.0264 e. The first-order valence-corrected chi connectivity index (χ1v) is 13.3. The van der Waals surface area contributed by atoms with Crippen molar-refractivity contribution in [3.05, 3.63) is 0 Å². The molecule has 4 saturated carbocycles.